The second kappa shape index (κ2) is 5.90. The van der Waals surface area contributed by atoms with Crippen molar-refractivity contribution in [3.8, 4) is 5.75 Å². The number of aromatic nitrogens is 1. The fourth-order valence-corrected chi connectivity index (χ4v) is 3.18. The molecule has 21 heavy (non-hydrogen) atoms. The largest absolute Gasteiger partial charge is 0.497 e. The first-order chi connectivity index (χ1) is 10.2. The smallest absolute Gasteiger partial charge is 0.178 e. The Morgan fingerprint density at radius 1 is 1.48 bits per heavy atom. The van der Waals surface area contributed by atoms with E-state index in [0.29, 0.717) is 12.5 Å². The molecule has 1 aromatic carbocycles. The first-order valence-corrected chi connectivity index (χ1v) is 7.58. The molecule has 0 amide bonds. The van der Waals surface area contributed by atoms with Crippen molar-refractivity contribution in [1.29, 1.82) is 0 Å². The molecule has 1 atom stereocenters. The first-order valence-electron chi connectivity index (χ1n) is 7.58. The van der Waals surface area contributed by atoms with Crippen molar-refractivity contribution in [2.45, 2.75) is 19.8 Å². The summed E-state index contributed by atoms with van der Waals surface area (Å²) in [6, 6.07) is 5.78. The number of ketones is 1. The number of Topliss-reactive ketones (excluding diaryl/α,β-unsaturated/α-hetero) is 1. The van der Waals surface area contributed by atoms with Crippen LogP contribution in [0.3, 0.4) is 0 Å². The molecular weight excluding hydrogens is 264 g/mol. The summed E-state index contributed by atoms with van der Waals surface area (Å²) in [5.41, 5.74) is 1.73. The highest BCUT2D eigenvalue weighted by Crippen LogP contribution is 2.24. The van der Waals surface area contributed by atoms with Crippen LogP contribution in [0.25, 0.3) is 10.9 Å². The van der Waals surface area contributed by atoms with E-state index in [2.05, 4.69) is 16.8 Å². The monoisotopic (exact) mass is 286 g/mol. The van der Waals surface area contributed by atoms with Crippen LogP contribution in [0.4, 0.5) is 0 Å². The van der Waals surface area contributed by atoms with E-state index in [1.807, 2.05) is 24.4 Å². The van der Waals surface area contributed by atoms with Gasteiger partial charge in [-0.25, -0.2) is 0 Å². The zero-order valence-corrected chi connectivity index (χ0v) is 12.7. The molecule has 1 aliphatic heterocycles. The van der Waals surface area contributed by atoms with Crippen molar-refractivity contribution in [3.05, 3.63) is 30.0 Å². The van der Waals surface area contributed by atoms with Crippen molar-refractivity contribution >= 4 is 16.7 Å². The number of hydrogen-bond acceptors (Lipinski definition) is 3. The van der Waals surface area contributed by atoms with Crippen LogP contribution in [-0.2, 0) is 0 Å². The number of hydrogen-bond donors (Lipinski definition) is 1. The van der Waals surface area contributed by atoms with Crippen molar-refractivity contribution in [3.63, 3.8) is 0 Å². The van der Waals surface area contributed by atoms with E-state index >= 15 is 0 Å². The summed E-state index contributed by atoms with van der Waals surface area (Å²) in [7, 11) is 1.65. The summed E-state index contributed by atoms with van der Waals surface area (Å²) in [6.45, 7) is 4.84. The average Bonchev–Trinajstić information content (AvgIpc) is 2.90. The second-order valence-electron chi connectivity index (χ2n) is 6.02. The van der Waals surface area contributed by atoms with Gasteiger partial charge in [0, 0.05) is 35.3 Å². The number of likely N-dealkylation sites (tertiary alicyclic amines) is 1. The molecule has 1 N–H and O–H groups in total. The minimum absolute atomic E-state index is 0.195. The lowest BCUT2D eigenvalue weighted by atomic mass is 9.99. The second-order valence-corrected chi connectivity index (χ2v) is 6.02. The third-order valence-corrected chi connectivity index (χ3v) is 4.30. The Balaban J connectivity index is 1.78. The van der Waals surface area contributed by atoms with E-state index in [1.54, 1.807) is 7.11 Å². The highest BCUT2D eigenvalue weighted by Gasteiger charge is 2.20. The molecule has 0 bridgehead atoms. The molecule has 2 aromatic rings. The van der Waals surface area contributed by atoms with Crippen LogP contribution < -0.4 is 4.74 Å². The van der Waals surface area contributed by atoms with Crippen LogP contribution >= 0.6 is 0 Å². The van der Waals surface area contributed by atoms with Gasteiger partial charge in [-0.05, 0) is 37.4 Å². The van der Waals surface area contributed by atoms with Gasteiger partial charge >= 0.3 is 0 Å². The van der Waals surface area contributed by atoms with Crippen molar-refractivity contribution in [2.24, 2.45) is 5.92 Å². The number of nitrogens with zero attached hydrogens (tertiary/aromatic N) is 1. The number of H-pyrrole nitrogens is 1. The molecule has 112 valence electrons. The molecule has 4 heteroatoms. The third-order valence-electron chi connectivity index (χ3n) is 4.30. The van der Waals surface area contributed by atoms with E-state index in [0.717, 1.165) is 35.3 Å². The van der Waals surface area contributed by atoms with Crippen LogP contribution in [0, 0.1) is 5.92 Å². The molecule has 2 heterocycles. The van der Waals surface area contributed by atoms with Crippen LogP contribution in [0.15, 0.2) is 24.4 Å². The SMILES string of the molecule is COc1ccc2c(C(=O)CN3CCCC(C)C3)c[nH]c2c1. The molecule has 1 saturated heterocycles. The Morgan fingerprint density at radius 2 is 2.33 bits per heavy atom. The van der Waals surface area contributed by atoms with Crippen LogP contribution in [0.1, 0.15) is 30.1 Å². The molecule has 0 saturated carbocycles. The van der Waals surface area contributed by atoms with Gasteiger partial charge in [-0.2, -0.15) is 0 Å². The molecular formula is C17H22N2O2. The zero-order chi connectivity index (χ0) is 14.8. The van der Waals surface area contributed by atoms with Gasteiger partial charge in [0.25, 0.3) is 0 Å². The highest BCUT2D eigenvalue weighted by atomic mass is 16.5. The lowest BCUT2D eigenvalue weighted by molar-refractivity contribution is 0.0894. The van der Waals surface area contributed by atoms with E-state index in [1.165, 1.54) is 12.8 Å². The first kappa shape index (κ1) is 14.1. The van der Waals surface area contributed by atoms with Gasteiger partial charge < -0.3 is 9.72 Å². The summed E-state index contributed by atoms with van der Waals surface area (Å²) in [6.07, 6.45) is 4.29. The van der Waals surface area contributed by atoms with Gasteiger partial charge in [-0.15, -0.1) is 0 Å². The lowest BCUT2D eigenvalue weighted by Crippen LogP contribution is -2.37. The van der Waals surface area contributed by atoms with Crippen LogP contribution in [0.2, 0.25) is 0 Å². The Kier molecular flexibility index (Phi) is 3.97. The Morgan fingerprint density at radius 3 is 3.10 bits per heavy atom. The van der Waals surface area contributed by atoms with Crippen molar-refractivity contribution in [1.82, 2.24) is 9.88 Å². The number of carbonyl (C=O) groups is 1. The van der Waals surface area contributed by atoms with Gasteiger partial charge in [0.1, 0.15) is 5.75 Å². The summed E-state index contributed by atoms with van der Waals surface area (Å²) in [5, 5.41) is 0.978. The minimum Gasteiger partial charge on any atom is -0.497 e. The molecule has 0 aliphatic carbocycles. The Bertz CT molecular complexity index is 647. The molecule has 1 aromatic heterocycles. The van der Waals surface area contributed by atoms with Gasteiger partial charge in [0.05, 0.1) is 13.7 Å². The average molecular weight is 286 g/mol. The highest BCUT2D eigenvalue weighted by molar-refractivity contribution is 6.09. The fourth-order valence-electron chi connectivity index (χ4n) is 3.18. The molecule has 0 spiro atoms. The topological polar surface area (TPSA) is 45.3 Å². The quantitative estimate of drug-likeness (QED) is 0.878. The number of piperidine rings is 1. The Hall–Kier alpha value is -1.81. The summed E-state index contributed by atoms with van der Waals surface area (Å²) >= 11 is 0. The number of fused-ring (bicyclic) bond motifs is 1. The van der Waals surface area contributed by atoms with E-state index in [-0.39, 0.29) is 5.78 Å². The van der Waals surface area contributed by atoms with Crippen molar-refractivity contribution in [2.75, 3.05) is 26.7 Å². The number of ether oxygens (including phenoxy) is 1. The van der Waals surface area contributed by atoms with Gasteiger partial charge in [-0.1, -0.05) is 6.92 Å². The van der Waals surface area contributed by atoms with Crippen LogP contribution in [-0.4, -0.2) is 42.4 Å². The molecule has 1 unspecified atom stereocenters. The standard InChI is InChI=1S/C17H22N2O2/c1-12-4-3-7-19(10-12)11-17(20)15-9-18-16-8-13(21-2)5-6-14(15)16/h5-6,8-9,12,18H,3-4,7,10-11H2,1-2H3. The van der Waals surface area contributed by atoms with E-state index in [9.17, 15) is 4.79 Å². The van der Waals surface area contributed by atoms with Gasteiger partial charge in [0.15, 0.2) is 5.78 Å². The number of rotatable bonds is 4. The molecule has 1 fully saturated rings. The van der Waals surface area contributed by atoms with Crippen LogP contribution in [0.5, 0.6) is 5.75 Å². The maximum Gasteiger partial charge on any atom is 0.178 e. The summed E-state index contributed by atoms with van der Waals surface area (Å²) in [5.74, 6) is 1.69. The predicted molar refractivity (Wildman–Crippen MR) is 84.0 cm³/mol. The number of nitrogens with one attached hydrogen (secondary N) is 1. The normalized spacial score (nSPS) is 19.8. The Labute approximate surface area is 125 Å². The maximum atomic E-state index is 12.6. The number of aromatic amines is 1. The molecule has 1 aliphatic rings. The lowest BCUT2D eigenvalue weighted by Gasteiger charge is -2.30. The van der Waals surface area contributed by atoms with Crippen molar-refractivity contribution < 1.29 is 9.53 Å². The minimum atomic E-state index is 0.195. The fraction of sp³-hybridized carbons (Fsp3) is 0.471. The number of carbonyl (C=O) groups excluding carboxylic acids is 1. The van der Waals surface area contributed by atoms with Gasteiger partial charge in [0.2, 0.25) is 0 Å². The predicted octanol–water partition coefficient (Wildman–Crippen LogP) is 3.09. The summed E-state index contributed by atoms with van der Waals surface area (Å²) < 4.78 is 5.21. The number of methoxy groups -OCH3 is 1. The molecule has 0 radical (unpaired) electrons. The molecule has 4 nitrogen and oxygen atoms in total. The molecule has 3 rings (SSSR count). The third kappa shape index (κ3) is 2.95. The van der Waals surface area contributed by atoms with E-state index in [4.69, 9.17) is 4.74 Å². The zero-order valence-electron chi connectivity index (χ0n) is 12.7. The number of benzene rings is 1. The summed E-state index contributed by atoms with van der Waals surface area (Å²) in [4.78, 5) is 18.0. The maximum absolute atomic E-state index is 12.6. The van der Waals surface area contributed by atoms with Gasteiger partial charge in [-0.3, -0.25) is 9.69 Å². The van der Waals surface area contributed by atoms with E-state index < -0.39 is 0 Å².